The number of aliphatic hydroxyl groups is 2. The topological polar surface area (TPSA) is 243 Å². The van der Waals surface area contributed by atoms with Crippen LogP contribution in [0.3, 0.4) is 0 Å². The van der Waals surface area contributed by atoms with Gasteiger partial charge in [0.15, 0.2) is 0 Å². The second-order valence-electron chi connectivity index (χ2n) is 19.2. The molecule has 12 heteroatoms. The Bertz CT molecular complexity index is 3560. The molecule has 18 bridgehead atoms. The molecule has 338 valence electrons. The quantitative estimate of drug-likeness (QED) is 0.0637. The zero-order valence-electron chi connectivity index (χ0n) is 35.9. The van der Waals surface area contributed by atoms with Crippen molar-refractivity contribution in [2.45, 2.75) is 55.8 Å². The monoisotopic (exact) mass is 906 g/mol. The van der Waals surface area contributed by atoms with E-state index in [-0.39, 0.29) is 134 Å². The van der Waals surface area contributed by atoms with Crippen LogP contribution in [-0.2, 0) is 25.7 Å². The van der Waals surface area contributed by atoms with Gasteiger partial charge in [-0.3, -0.25) is 0 Å². The molecule has 18 rings (SSSR count). The van der Waals surface area contributed by atoms with E-state index in [2.05, 4.69) is 0 Å². The van der Waals surface area contributed by atoms with Crippen molar-refractivity contribution in [1.82, 2.24) is 0 Å². The Kier molecular flexibility index (Phi) is 7.99. The third-order valence-electron chi connectivity index (χ3n) is 15.7. The van der Waals surface area contributed by atoms with Gasteiger partial charge in [-0.25, -0.2) is 0 Å². The highest BCUT2D eigenvalue weighted by Gasteiger charge is 2.52. The molecule has 12 N–H and O–H groups in total. The van der Waals surface area contributed by atoms with Gasteiger partial charge in [0, 0.05) is 129 Å². The highest BCUT2D eigenvalue weighted by atomic mass is 16.3. The Labute approximate surface area is 387 Å². The second-order valence-corrected chi connectivity index (χ2v) is 19.2. The first-order valence-corrected chi connectivity index (χ1v) is 22.5. The van der Waals surface area contributed by atoms with Gasteiger partial charge in [0.2, 0.25) is 0 Å². The van der Waals surface area contributed by atoms with E-state index in [1.165, 1.54) is 30.3 Å². The Hall–Kier alpha value is -8.38. The lowest BCUT2D eigenvalue weighted by atomic mass is 9.56. The van der Waals surface area contributed by atoms with E-state index in [0.29, 0.717) is 50.1 Å². The van der Waals surface area contributed by atoms with Crippen molar-refractivity contribution in [2.75, 3.05) is 0 Å². The molecule has 0 spiro atoms. The van der Waals surface area contributed by atoms with E-state index in [1.54, 1.807) is 6.07 Å². The van der Waals surface area contributed by atoms with Gasteiger partial charge in [0.25, 0.3) is 0 Å². The first-order chi connectivity index (χ1) is 32.7. The summed E-state index contributed by atoms with van der Waals surface area (Å²) in [6.07, 6.45) is -0.463. The summed E-state index contributed by atoms with van der Waals surface area (Å²) < 4.78 is 0. The van der Waals surface area contributed by atoms with Gasteiger partial charge in [0.05, 0.1) is 5.76 Å². The Morgan fingerprint density at radius 3 is 1.12 bits per heavy atom. The van der Waals surface area contributed by atoms with Crippen LogP contribution in [0.2, 0.25) is 0 Å². The predicted octanol–water partition coefficient (Wildman–Crippen LogP) is 9.29. The first kappa shape index (κ1) is 39.9. The summed E-state index contributed by atoms with van der Waals surface area (Å²) in [7, 11) is 0. The summed E-state index contributed by atoms with van der Waals surface area (Å²) in [5.74, 6) is -6.60. The summed E-state index contributed by atoms with van der Waals surface area (Å²) >= 11 is 0. The van der Waals surface area contributed by atoms with Crippen LogP contribution in [0.15, 0.2) is 114 Å². The Morgan fingerprint density at radius 1 is 0.309 bits per heavy atom. The minimum absolute atomic E-state index is 0.00416. The molecule has 5 unspecified atom stereocenters. The minimum atomic E-state index is -0.898. The average Bonchev–Trinajstić information content (AvgIpc) is 3.32. The number of benzene rings is 7. The molecule has 7 aromatic carbocycles. The third-order valence-corrected chi connectivity index (χ3v) is 15.7. The van der Waals surface area contributed by atoms with Crippen LogP contribution in [0.4, 0.5) is 0 Å². The van der Waals surface area contributed by atoms with Crippen molar-refractivity contribution in [3.05, 3.63) is 208 Å². The van der Waals surface area contributed by atoms with Crippen LogP contribution in [-0.4, -0.2) is 61.3 Å². The maximum absolute atomic E-state index is 12.4. The van der Waals surface area contributed by atoms with Crippen LogP contribution in [0.25, 0.3) is 0 Å². The lowest BCUT2D eigenvalue weighted by Crippen LogP contribution is -2.34. The summed E-state index contributed by atoms with van der Waals surface area (Å²) in [6.45, 7) is 0. The van der Waals surface area contributed by atoms with Crippen LogP contribution in [0.1, 0.15) is 125 Å². The van der Waals surface area contributed by atoms with Gasteiger partial charge in [-0.1, -0.05) is 48.5 Å². The molecule has 0 heterocycles. The van der Waals surface area contributed by atoms with Gasteiger partial charge in [-0.05, 0) is 81.3 Å². The summed E-state index contributed by atoms with van der Waals surface area (Å²) in [5, 5.41) is 143. The maximum Gasteiger partial charge on any atom is 0.123 e. The molecular weight excluding hydrogens is 865 g/mol. The van der Waals surface area contributed by atoms with Crippen molar-refractivity contribution in [1.29, 1.82) is 0 Å². The molecule has 5 atom stereocenters. The molecule has 12 nitrogen and oxygen atoms in total. The SMILES string of the molecule is OC1=C2C3=C(O)C(C1)Cc1cc(c(O)cc1O)Cc1cc(O)c4c(c1O)C1c5ccccc5C4c4c(O)cc(c(O)c41)Cc1cc(c(O)cc1O)Cc1cc(O)c4c(c1O)C2c1ccccc1C34. The number of aliphatic hydroxyl groups excluding tert-OH is 2. The van der Waals surface area contributed by atoms with Crippen molar-refractivity contribution in [2.24, 2.45) is 5.92 Å². The van der Waals surface area contributed by atoms with Gasteiger partial charge in [-0.15, -0.1) is 0 Å². The molecule has 0 amide bonds. The molecule has 0 aromatic heterocycles. The Balaban J connectivity index is 1.06. The first-order valence-electron chi connectivity index (χ1n) is 22.5. The zero-order chi connectivity index (χ0) is 46.9. The van der Waals surface area contributed by atoms with E-state index < -0.39 is 29.6 Å². The molecule has 0 saturated heterocycles. The van der Waals surface area contributed by atoms with E-state index in [9.17, 15) is 61.3 Å². The minimum Gasteiger partial charge on any atom is -0.512 e. The average molecular weight is 907 g/mol. The van der Waals surface area contributed by atoms with Gasteiger partial charge >= 0.3 is 0 Å². The maximum atomic E-state index is 12.4. The molecule has 0 aliphatic heterocycles. The predicted molar refractivity (Wildman–Crippen MR) is 247 cm³/mol. The number of allylic oxidation sites excluding steroid dienone is 4. The number of phenolic OH excluding ortho intramolecular Hbond substituents is 10. The van der Waals surface area contributed by atoms with Gasteiger partial charge < -0.3 is 61.3 Å². The summed E-state index contributed by atoms with van der Waals surface area (Å²) in [4.78, 5) is 0. The van der Waals surface area contributed by atoms with Crippen LogP contribution < -0.4 is 0 Å². The fourth-order valence-electron chi connectivity index (χ4n) is 12.9. The molecule has 0 fully saturated rings. The largest absolute Gasteiger partial charge is 0.512 e. The second kappa shape index (κ2) is 13.6. The van der Waals surface area contributed by atoms with E-state index in [4.69, 9.17) is 0 Å². The van der Waals surface area contributed by atoms with Crippen LogP contribution in [0.5, 0.6) is 57.5 Å². The number of hydrogen-bond donors (Lipinski definition) is 12. The van der Waals surface area contributed by atoms with E-state index in [1.807, 2.05) is 48.5 Å². The van der Waals surface area contributed by atoms with Crippen LogP contribution >= 0.6 is 0 Å². The molecule has 7 aromatic rings. The fraction of sp³-hybridized carbons (Fsp3) is 0.179. The van der Waals surface area contributed by atoms with E-state index in [0.717, 1.165) is 28.3 Å². The highest BCUT2D eigenvalue weighted by Crippen LogP contribution is 2.67. The van der Waals surface area contributed by atoms with Crippen molar-refractivity contribution >= 4 is 0 Å². The normalized spacial score (nSPS) is 21.1. The lowest BCUT2D eigenvalue weighted by molar-refractivity contribution is 0.266. The number of hydrogen-bond acceptors (Lipinski definition) is 12. The van der Waals surface area contributed by atoms with E-state index >= 15 is 0 Å². The Morgan fingerprint density at radius 2 is 0.662 bits per heavy atom. The molecule has 68 heavy (non-hydrogen) atoms. The van der Waals surface area contributed by atoms with Gasteiger partial charge in [0.1, 0.15) is 63.3 Å². The third kappa shape index (κ3) is 5.14. The molecule has 0 radical (unpaired) electrons. The van der Waals surface area contributed by atoms with Crippen LogP contribution in [0, 0.1) is 5.92 Å². The summed E-state index contributed by atoms with van der Waals surface area (Å²) in [6, 6.07) is 24.5. The number of phenols is 10. The molecule has 11 aliphatic rings. The highest BCUT2D eigenvalue weighted by molar-refractivity contribution is 5.80. The van der Waals surface area contributed by atoms with Gasteiger partial charge in [-0.2, -0.15) is 0 Å². The number of aromatic hydroxyl groups is 10. The zero-order valence-corrected chi connectivity index (χ0v) is 35.9. The number of fused-ring (bicyclic) bond motifs is 2. The van der Waals surface area contributed by atoms with Crippen molar-refractivity contribution < 1.29 is 61.3 Å². The summed E-state index contributed by atoms with van der Waals surface area (Å²) in [5.41, 5.74) is 7.55. The number of rotatable bonds is 0. The molecule has 0 saturated carbocycles. The van der Waals surface area contributed by atoms with Crippen molar-refractivity contribution in [3.63, 3.8) is 0 Å². The molecule has 11 aliphatic carbocycles. The standard InChI is InChI=1S/C56H42O12/c57-33-19-35(59)23-9-21(33)11-25-18-40(64)48-43-31-7-3-2-6-30(31)42(49(48)53(25)65)47-39(63)17-26(54(66)50(43)47)12-22-10-24(36(60)20-34(22)58)14-28-16-38(62)46-41-29-5-1-4-8-32(29)44(52(46)56(28)68)51-45(41)37(61)15-27(13-23)55(51)67/h1-10,15-17,19-20,25,41-44,57-68H,11-14,18H2. The fourth-order valence-corrected chi connectivity index (χ4v) is 12.9. The molecular formula is C56H42O12. The lowest BCUT2D eigenvalue weighted by Gasteiger charge is -2.47. The van der Waals surface area contributed by atoms with Crippen molar-refractivity contribution in [3.8, 4) is 57.5 Å². The smallest absolute Gasteiger partial charge is 0.123 e.